The highest BCUT2D eigenvalue weighted by Crippen LogP contribution is 2.31. The van der Waals surface area contributed by atoms with E-state index < -0.39 is 6.03 Å². The first-order chi connectivity index (χ1) is 15.1. The number of Topliss-reactive ketones (excluding diaryl/α,β-unsaturated/α-hetero) is 1. The first-order valence-corrected chi connectivity index (χ1v) is 12.2. The van der Waals surface area contributed by atoms with E-state index in [0.717, 1.165) is 53.5 Å². The molecule has 2 heterocycles. The quantitative estimate of drug-likeness (QED) is 0.306. The van der Waals surface area contributed by atoms with Gasteiger partial charge in [0, 0.05) is 40.7 Å². The summed E-state index contributed by atoms with van der Waals surface area (Å²) >= 11 is 3.09. The molecule has 1 fully saturated rings. The maximum atomic E-state index is 13.0. The van der Waals surface area contributed by atoms with Crippen LogP contribution in [-0.4, -0.2) is 32.5 Å². The van der Waals surface area contributed by atoms with E-state index in [1.807, 2.05) is 19.1 Å². The average molecular weight is 456 g/mol. The summed E-state index contributed by atoms with van der Waals surface area (Å²) in [6, 6.07) is 5.18. The number of aromatic amines is 1. The predicted octanol–water partition coefficient (Wildman–Crippen LogP) is 5.53. The molecule has 1 aliphatic carbocycles. The van der Waals surface area contributed by atoms with Crippen LogP contribution in [0, 0.1) is 12.8 Å². The molecule has 0 bridgehead atoms. The number of carbonyl (C=O) groups is 2. The molecule has 1 aromatic carbocycles. The standard InChI is InChI=1S/C22H25N5O2S2/c1-14-6-7-18(17(12-14)19(28)15-4-2-3-5-15)26-20(29)27-22-25-13-16(31-22)8-11-30-21-23-9-10-24-21/h6-7,9-10,12-13,15H,2-5,8,11H2,1H3,(H,23,24)(H2,25,26,27,29). The van der Waals surface area contributed by atoms with E-state index in [0.29, 0.717) is 16.4 Å². The van der Waals surface area contributed by atoms with E-state index in [2.05, 4.69) is 25.6 Å². The number of nitrogens with one attached hydrogen (secondary N) is 3. The number of nitrogens with zero attached hydrogens (tertiary/aromatic N) is 2. The Labute approximate surface area is 189 Å². The van der Waals surface area contributed by atoms with Crippen molar-refractivity contribution in [2.24, 2.45) is 5.92 Å². The van der Waals surface area contributed by atoms with Crippen LogP contribution in [0.25, 0.3) is 0 Å². The van der Waals surface area contributed by atoms with Crippen molar-refractivity contribution in [3.63, 3.8) is 0 Å². The molecule has 0 atom stereocenters. The Morgan fingerprint density at radius 1 is 1.23 bits per heavy atom. The van der Waals surface area contributed by atoms with Gasteiger partial charge in [0.15, 0.2) is 16.1 Å². The average Bonchev–Trinajstić information content (AvgIpc) is 3.52. The Balaban J connectivity index is 1.34. The molecule has 162 valence electrons. The normalized spacial score (nSPS) is 14.0. The third-order valence-electron chi connectivity index (χ3n) is 5.25. The molecule has 1 saturated carbocycles. The molecule has 31 heavy (non-hydrogen) atoms. The number of urea groups is 1. The van der Waals surface area contributed by atoms with Crippen LogP contribution < -0.4 is 10.6 Å². The van der Waals surface area contributed by atoms with Crippen molar-refractivity contribution < 1.29 is 9.59 Å². The smallest absolute Gasteiger partial charge is 0.325 e. The summed E-state index contributed by atoms with van der Waals surface area (Å²) in [5.74, 6) is 1.06. The molecule has 3 aromatic rings. The fourth-order valence-corrected chi connectivity index (χ4v) is 5.43. The Morgan fingerprint density at radius 2 is 2.06 bits per heavy atom. The van der Waals surface area contributed by atoms with E-state index in [1.54, 1.807) is 36.4 Å². The summed E-state index contributed by atoms with van der Waals surface area (Å²) in [7, 11) is 0. The summed E-state index contributed by atoms with van der Waals surface area (Å²) in [5.41, 5.74) is 2.15. The van der Waals surface area contributed by atoms with Crippen LogP contribution in [0.2, 0.25) is 0 Å². The van der Waals surface area contributed by atoms with Gasteiger partial charge in [-0.05, 0) is 38.3 Å². The summed E-state index contributed by atoms with van der Waals surface area (Å²) < 4.78 is 0. The van der Waals surface area contributed by atoms with E-state index in [4.69, 9.17) is 0 Å². The molecule has 7 nitrogen and oxygen atoms in total. The number of amides is 2. The van der Waals surface area contributed by atoms with Crippen LogP contribution in [0.5, 0.6) is 0 Å². The Bertz CT molecular complexity index is 1040. The topological polar surface area (TPSA) is 99.8 Å². The minimum absolute atomic E-state index is 0.0611. The minimum atomic E-state index is -0.393. The van der Waals surface area contributed by atoms with Crippen molar-refractivity contribution in [2.45, 2.75) is 44.2 Å². The van der Waals surface area contributed by atoms with E-state index in [1.165, 1.54) is 11.3 Å². The van der Waals surface area contributed by atoms with Crippen LogP contribution in [0.15, 0.2) is 41.9 Å². The van der Waals surface area contributed by atoms with Gasteiger partial charge < -0.3 is 10.3 Å². The molecule has 0 spiro atoms. The number of carbonyl (C=O) groups excluding carboxylic acids is 2. The van der Waals surface area contributed by atoms with Crippen molar-refractivity contribution >= 4 is 45.7 Å². The van der Waals surface area contributed by atoms with Crippen LogP contribution in [-0.2, 0) is 6.42 Å². The number of benzene rings is 1. The molecule has 4 rings (SSSR count). The number of thioether (sulfide) groups is 1. The van der Waals surface area contributed by atoms with E-state index in [-0.39, 0.29) is 11.7 Å². The number of anilines is 2. The van der Waals surface area contributed by atoms with E-state index >= 15 is 0 Å². The molecule has 0 radical (unpaired) electrons. The Kier molecular flexibility index (Phi) is 7.03. The maximum absolute atomic E-state index is 13.0. The van der Waals surface area contributed by atoms with Crippen molar-refractivity contribution in [3.8, 4) is 0 Å². The highest BCUT2D eigenvalue weighted by atomic mass is 32.2. The largest absolute Gasteiger partial charge is 0.340 e. The van der Waals surface area contributed by atoms with Gasteiger partial charge in [-0.25, -0.2) is 14.8 Å². The summed E-state index contributed by atoms with van der Waals surface area (Å²) in [4.78, 5) is 38.1. The molecule has 2 aromatic heterocycles. The highest BCUT2D eigenvalue weighted by molar-refractivity contribution is 7.99. The fraction of sp³-hybridized carbons (Fsp3) is 0.364. The third-order valence-corrected chi connectivity index (χ3v) is 7.13. The van der Waals surface area contributed by atoms with Gasteiger partial charge in [-0.1, -0.05) is 36.2 Å². The molecule has 1 aliphatic rings. The maximum Gasteiger partial charge on any atom is 0.325 e. The lowest BCUT2D eigenvalue weighted by atomic mass is 9.94. The van der Waals surface area contributed by atoms with Crippen LogP contribution in [0.3, 0.4) is 0 Å². The lowest BCUT2D eigenvalue weighted by Crippen LogP contribution is -2.22. The molecule has 9 heteroatoms. The second-order valence-electron chi connectivity index (χ2n) is 7.60. The highest BCUT2D eigenvalue weighted by Gasteiger charge is 2.26. The molecule has 2 amide bonds. The molecule has 0 aliphatic heterocycles. The van der Waals surface area contributed by atoms with Crippen LogP contribution in [0.1, 0.15) is 46.5 Å². The van der Waals surface area contributed by atoms with Gasteiger partial charge in [0.1, 0.15) is 0 Å². The summed E-state index contributed by atoms with van der Waals surface area (Å²) in [6.07, 6.45) is 10.2. The molecule has 0 saturated heterocycles. The SMILES string of the molecule is Cc1ccc(NC(=O)Nc2ncc(CCSc3ncc[nH]3)s2)c(C(=O)C2CCCC2)c1. The fourth-order valence-electron chi connectivity index (χ4n) is 3.69. The van der Waals surface area contributed by atoms with Gasteiger partial charge in [-0.2, -0.15) is 0 Å². The number of thiazole rings is 1. The first-order valence-electron chi connectivity index (χ1n) is 10.4. The molecule has 3 N–H and O–H groups in total. The minimum Gasteiger partial charge on any atom is -0.340 e. The lowest BCUT2D eigenvalue weighted by molar-refractivity contribution is 0.0923. The zero-order chi connectivity index (χ0) is 21.6. The van der Waals surface area contributed by atoms with Gasteiger partial charge in [0.05, 0.1) is 5.69 Å². The number of aryl methyl sites for hydroxylation is 2. The molecule has 0 unspecified atom stereocenters. The number of rotatable bonds is 8. The third kappa shape index (κ3) is 5.74. The van der Waals surface area contributed by atoms with Gasteiger partial charge in [-0.3, -0.25) is 10.1 Å². The predicted molar refractivity (Wildman–Crippen MR) is 125 cm³/mol. The number of H-pyrrole nitrogens is 1. The monoisotopic (exact) mass is 455 g/mol. The number of hydrogen-bond donors (Lipinski definition) is 3. The summed E-state index contributed by atoms with van der Waals surface area (Å²) in [5, 5.41) is 7.05. The molecular weight excluding hydrogens is 430 g/mol. The van der Waals surface area contributed by atoms with Gasteiger partial charge >= 0.3 is 6.03 Å². The van der Waals surface area contributed by atoms with Crippen molar-refractivity contribution in [2.75, 3.05) is 16.4 Å². The second kappa shape index (κ2) is 10.1. The Morgan fingerprint density at radius 3 is 2.84 bits per heavy atom. The zero-order valence-electron chi connectivity index (χ0n) is 17.3. The first kappa shape index (κ1) is 21.6. The number of aromatic nitrogens is 3. The second-order valence-corrected chi connectivity index (χ2v) is 9.80. The van der Waals surface area contributed by atoms with Crippen LogP contribution >= 0.6 is 23.1 Å². The van der Waals surface area contributed by atoms with Crippen molar-refractivity contribution in [1.29, 1.82) is 0 Å². The zero-order valence-corrected chi connectivity index (χ0v) is 18.9. The van der Waals surface area contributed by atoms with Crippen LogP contribution in [0.4, 0.5) is 15.6 Å². The Hall–Kier alpha value is -2.65. The van der Waals surface area contributed by atoms with Gasteiger partial charge in [-0.15, -0.1) is 11.3 Å². The van der Waals surface area contributed by atoms with Crippen molar-refractivity contribution in [3.05, 3.63) is 52.8 Å². The van der Waals surface area contributed by atoms with Gasteiger partial charge in [0.25, 0.3) is 0 Å². The van der Waals surface area contributed by atoms with E-state index in [9.17, 15) is 9.59 Å². The molecular formula is C22H25N5O2S2. The summed E-state index contributed by atoms with van der Waals surface area (Å²) in [6.45, 7) is 1.95. The van der Waals surface area contributed by atoms with Gasteiger partial charge in [0.2, 0.25) is 0 Å². The van der Waals surface area contributed by atoms with Crippen molar-refractivity contribution in [1.82, 2.24) is 15.0 Å². The lowest BCUT2D eigenvalue weighted by Gasteiger charge is -2.14. The number of ketones is 1. The number of hydrogen-bond acceptors (Lipinski definition) is 6. The number of imidazole rings is 1.